The maximum atomic E-state index is 13.6. The number of pyridine rings is 1. The van der Waals surface area contributed by atoms with Crippen LogP contribution < -0.4 is 9.47 Å². The summed E-state index contributed by atoms with van der Waals surface area (Å²) in [5, 5.41) is 17.9. The van der Waals surface area contributed by atoms with Gasteiger partial charge in [-0.25, -0.2) is 9.78 Å². The number of carboxylic acids is 1. The molecule has 3 rings (SSSR count). The standard InChI is InChI=1S/C29H38N4O6/c1-9-38-26-16(2)21-13-33(28(30)25(21)31-17(26)3)14-23(35)19-10-20(12-32(8)18(4)34)27(39-15-24(36)37)22(11-19)29(5,6)7/h10-11,30H,9,12-15H2,1-8H3,(H,36,37). The Bertz CT molecular complexity index is 1330. The van der Waals surface area contributed by atoms with Crippen LogP contribution in [0.4, 0.5) is 0 Å². The van der Waals surface area contributed by atoms with Crippen LogP contribution in [-0.4, -0.2) is 70.2 Å². The molecule has 2 aromatic rings. The highest BCUT2D eigenvalue weighted by Crippen LogP contribution is 2.37. The van der Waals surface area contributed by atoms with Crippen molar-refractivity contribution in [2.24, 2.45) is 0 Å². The summed E-state index contributed by atoms with van der Waals surface area (Å²) in [6.45, 7) is 13.4. The van der Waals surface area contributed by atoms with Crippen LogP contribution in [0.3, 0.4) is 0 Å². The fraction of sp³-hybridized carbons (Fsp3) is 0.483. The Kier molecular flexibility index (Phi) is 8.67. The number of fused-ring (bicyclic) bond motifs is 1. The van der Waals surface area contributed by atoms with Gasteiger partial charge in [0.25, 0.3) is 0 Å². The van der Waals surface area contributed by atoms with E-state index in [2.05, 4.69) is 4.98 Å². The molecule has 1 aliphatic rings. The molecule has 10 nitrogen and oxygen atoms in total. The Morgan fingerprint density at radius 2 is 1.82 bits per heavy atom. The average Bonchev–Trinajstić information content (AvgIpc) is 3.14. The minimum absolute atomic E-state index is 0.0431. The van der Waals surface area contributed by atoms with E-state index in [-0.39, 0.29) is 30.6 Å². The molecule has 0 spiro atoms. The highest BCUT2D eigenvalue weighted by molar-refractivity contribution is 6.05. The Labute approximate surface area is 229 Å². The summed E-state index contributed by atoms with van der Waals surface area (Å²) in [4.78, 5) is 44.7. The van der Waals surface area contributed by atoms with Gasteiger partial charge >= 0.3 is 5.97 Å². The number of Topliss-reactive ketones (excluding diaryl/α,β-unsaturated/α-hetero) is 1. The molecule has 0 saturated carbocycles. The van der Waals surface area contributed by atoms with Crippen LogP contribution in [0.2, 0.25) is 0 Å². The highest BCUT2D eigenvalue weighted by Gasteiger charge is 2.32. The molecule has 2 heterocycles. The minimum Gasteiger partial charge on any atom is -0.492 e. The molecule has 2 N–H and O–H groups in total. The van der Waals surface area contributed by atoms with Gasteiger partial charge in [0.15, 0.2) is 12.4 Å². The second-order valence-corrected chi connectivity index (χ2v) is 10.9. The SMILES string of the molecule is CCOc1c(C)nc2c(c1C)CN(CC(=O)c1cc(CN(C)C(C)=O)c(OCC(=O)O)c(C(C)(C)C)c1)C2=N. The quantitative estimate of drug-likeness (QED) is 0.436. The van der Waals surface area contributed by atoms with E-state index in [4.69, 9.17) is 14.9 Å². The molecular formula is C29H38N4O6. The first-order valence-electron chi connectivity index (χ1n) is 12.9. The van der Waals surface area contributed by atoms with Crippen LogP contribution in [0.25, 0.3) is 0 Å². The van der Waals surface area contributed by atoms with Gasteiger partial charge in [-0.1, -0.05) is 20.8 Å². The van der Waals surface area contributed by atoms with Gasteiger partial charge in [-0.3, -0.25) is 15.0 Å². The van der Waals surface area contributed by atoms with Crippen molar-refractivity contribution in [3.63, 3.8) is 0 Å². The lowest BCUT2D eigenvalue weighted by Crippen LogP contribution is -2.31. The van der Waals surface area contributed by atoms with E-state index in [0.717, 1.165) is 11.1 Å². The summed E-state index contributed by atoms with van der Waals surface area (Å²) in [5.41, 5.74) is 4.17. The topological polar surface area (TPSA) is 133 Å². The second kappa shape index (κ2) is 11.4. The molecule has 10 heteroatoms. The normalized spacial score (nSPS) is 12.8. The summed E-state index contributed by atoms with van der Waals surface area (Å²) in [7, 11) is 1.63. The zero-order valence-corrected chi connectivity index (χ0v) is 24.0. The number of carbonyl (C=O) groups excluding carboxylic acids is 2. The number of aromatic nitrogens is 1. The van der Waals surface area contributed by atoms with Crippen LogP contribution in [0.5, 0.6) is 11.5 Å². The number of amides is 1. The molecule has 0 bridgehead atoms. The van der Waals surface area contributed by atoms with Crippen molar-refractivity contribution in [3.05, 3.63) is 51.3 Å². The number of ketones is 1. The monoisotopic (exact) mass is 538 g/mol. The average molecular weight is 539 g/mol. The number of hydrogen-bond acceptors (Lipinski definition) is 7. The van der Waals surface area contributed by atoms with Crippen LogP contribution >= 0.6 is 0 Å². The van der Waals surface area contributed by atoms with Crippen molar-refractivity contribution in [1.82, 2.24) is 14.8 Å². The number of nitrogens with zero attached hydrogens (tertiary/aromatic N) is 3. The van der Waals surface area contributed by atoms with Gasteiger partial charge in [0, 0.05) is 54.9 Å². The molecule has 0 atom stereocenters. The van der Waals surface area contributed by atoms with Gasteiger partial charge in [0.1, 0.15) is 23.0 Å². The van der Waals surface area contributed by atoms with Crippen molar-refractivity contribution in [3.8, 4) is 11.5 Å². The van der Waals surface area contributed by atoms with Crippen molar-refractivity contribution < 1.29 is 29.0 Å². The van der Waals surface area contributed by atoms with E-state index in [1.807, 2.05) is 41.5 Å². The molecular weight excluding hydrogens is 500 g/mol. The first kappa shape index (κ1) is 29.6. The second-order valence-electron chi connectivity index (χ2n) is 10.9. The summed E-state index contributed by atoms with van der Waals surface area (Å²) >= 11 is 0. The molecule has 0 unspecified atom stereocenters. The number of carbonyl (C=O) groups is 3. The number of hydrogen-bond donors (Lipinski definition) is 2. The van der Waals surface area contributed by atoms with Crippen LogP contribution in [0.1, 0.15) is 78.6 Å². The lowest BCUT2D eigenvalue weighted by Gasteiger charge is -2.27. The van der Waals surface area contributed by atoms with Gasteiger partial charge in [-0.2, -0.15) is 0 Å². The Hall–Kier alpha value is -3.95. The van der Waals surface area contributed by atoms with Crippen molar-refractivity contribution in [1.29, 1.82) is 5.41 Å². The lowest BCUT2D eigenvalue weighted by molar-refractivity contribution is -0.139. The number of nitrogens with one attached hydrogen (secondary N) is 1. The predicted octanol–water partition coefficient (Wildman–Crippen LogP) is 3.86. The molecule has 0 fully saturated rings. The van der Waals surface area contributed by atoms with Crippen molar-refractivity contribution in [2.75, 3.05) is 26.8 Å². The van der Waals surface area contributed by atoms with E-state index in [0.29, 0.717) is 52.7 Å². The molecule has 0 saturated heterocycles. The first-order chi connectivity index (χ1) is 18.1. The van der Waals surface area contributed by atoms with E-state index in [1.165, 1.54) is 11.8 Å². The number of carboxylic acid groups (broad SMARTS) is 1. The maximum absolute atomic E-state index is 13.6. The number of benzene rings is 1. The van der Waals surface area contributed by atoms with E-state index >= 15 is 0 Å². The number of rotatable bonds is 10. The number of amidine groups is 1. The predicted molar refractivity (Wildman–Crippen MR) is 147 cm³/mol. The Balaban J connectivity index is 2.00. The third kappa shape index (κ3) is 6.38. The summed E-state index contributed by atoms with van der Waals surface area (Å²) in [6.07, 6.45) is 0. The van der Waals surface area contributed by atoms with E-state index in [1.54, 1.807) is 24.1 Å². The van der Waals surface area contributed by atoms with Crippen molar-refractivity contribution >= 4 is 23.5 Å². The summed E-state index contributed by atoms with van der Waals surface area (Å²) in [5.74, 6) is -0.269. The Morgan fingerprint density at radius 1 is 1.15 bits per heavy atom. The lowest BCUT2D eigenvalue weighted by atomic mass is 9.83. The summed E-state index contributed by atoms with van der Waals surface area (Å²) in [6, 6.07) is 3.38. The number of aliphatic carboxylic acids is 1. The van der Waals surface area contributed by atoms with Gasteiger partial charge < -0.3 is 24.4 Å². The molecule has 0 radical (unpaired) electrons. The van der Waals surface area contributed by atoms with Crippen LogP contribution in [-0.2, 0) is 28.1 Å². The Morgan fingerprint density at radius 3 is 2.38 bits per heavy atom. The third-order valence-electron chi connectivity index (χ3n) is 6.78. The maximum Gasteiger partial charge on any atom is 0.341 e. The van der Waals surface area contributed by atoms with Gasteiger partial charge in [0.2, 0.25) is 5.91 Å². The highest BCUT2D eigenvalue weighted by atomic mass is 16.5. The van der Waals surface area contributed by atoms with E-state index in [9.17, 15) is 19.5 Å². The zero-order valence-electron chi connectivity index (χ0n) is 24.0. The number of aryl methyl sites for hydroxylation is 1. The molecule has 1 aromatic heterocycles. The van der Waals surface area contributed by atoms with Gasteiger partial charge in [0.05, 0.1) is 18.8 Å². The zero-order chi connectivity index (χ0) is 29.2. The number of ether oxygens (including phenoxy) is 2. The smallest absolute Gasteiger partial charge is 0.341 e. The largest absolute Gasteiger partial charge is 0.492 e. The molecule has 39 heavy (non-hydrogen) atoms. The van der Waals surface area contributed by atoms with Gasteiger partial charge in [-0.05, 0) is 38.3 Å². The third-order valence-corrected chi connectivity index (χ3v) is 6.78. The van der Waals surface area contributed by atoms with Crippen LogP contribution in [0.15, 0.2) is 12.1 Å². The van der Waals surface area contributed by atoms with Crippen LogP contribution in [0, 0.1) is 19.3 Å². The van der Waals surface area contributed by atoms with E-state index < -0.39 is 18.0 Å². The van der Waals surface area contributed by atoms with Crippen molar-refractivity contribution in [2.45, 2.75) is 67.0 Å². The minimum atomic E-state index is -1.13. The van der Waals surface area contributed by atoms with Gasteiger partial charge in [-0.15, -0.1) is 0 Å². The molecule has 1 amide bonds. The first-order valence-corrected chi connectivity index (χ1v) is 12.9. The fourth-order valence-corrected chi connectivity index (χ4v) is 4.63. The molecule has 1 aliphatic heterocycles. The summed E-state index contributed by atoms with van der Waals surface area (Å²) < 4.78 is 11.5. The molecule has 1 aromatic carbocycles. The molecule has 210 valence electrons. The molecule has 0 aliphatic carbocycles. The fourth-order valence-electron chi connectivity index (χ4n) is 4.63.